The highest BCUT2D eigenvalue weighted by molar-refractivity contribution is 7.90. The summed E-state index contributed by atoms with van der Waals surface area (Å²) in [6.45, 7) is 1.27. The first-order valence-corrected chi connectivity index (χ1v) is 10.5. The van der Waals surface area contributed by atoms with Gasteiger partial charge in [-0.2, -0.15) is 13.2 Å². The number of halogens is 3. The van der Waals surface area contributed by atoms with E-state index in [2.05, 4.69) is 14.6 Å². The Balaban J connectivity index is 1.50. The van der Waals surface area contributed by atoms with Crippen LogP contribution in [0.4, 0.5) is 18.9 Å². The molecule has 2 heterocycles. The fraction of sp³-hybridized carbons (Fsp3) is 0.500. The number of hydrogen-bond acceptors (Lipinski definition) is 4. The molecule has 0 bridgehead atoms. The number of piperidine rings is 1. The number of rotatable bonds is 4. The summed E-state index contributed by atoms with van der Waals surface area (Å²) >= 11 is 0. The van der Waals surface area contributed by atoms with Crippen molar-refractivity contribution in [2.45, 2.75) is 43.2 Å². The number of sulfonamides is 1. The summed E-state index contributed by atoms with van der Waals surface area (Å²) in [6.07, 6.45) is -0.0936. The highest BCUT2D eigenvalue weighted by Gasteiger charge is 2.37. The topological polar surface area (TPSA) is 62.3 Å². The summed E-state index contributed by atoms with van der Waals surface area (Å²) in [5, 5.41) is 0.435. The summed E-state index contributed by atoms with van der Waals surface area (Å²) in [7, 11) is -3.21. The van der Waals surface area contributed by atoms with Crippen molar-refractivity contribution in [2.75, 3.05) is 18.0 Å². The SMILES string of the molecule is O=S(=O)(NC1CCN(c2ccnc3cc(C(F)(F)F)ccc23)CC1)C1CC1. The molecule has 2 aromatic rings. The van der Waals surface area contributed by atoms with Gasteiger partial charge in [-0.15, -0.1) is 0 Å². The van der Waals surface area contributed by atoms with Crippen LogP contribution in [0.5, 0.6) is 0 Å². The average molecular weight is 399 g/mol. The van der Waals surface area contributed by atoms with Gasteiger partial charge in [-0.1, -0.05) is 6.07 Å². The summed E-state index contributed by atoms with van der Waals surface area (Å²) in [6, 6.07) is 5.31. The summed E-state index contributed by atoms with van der Waals surface area (Å²) in [5.41, 5.74) is 0.420. The number of hydrogen-bond donors (Lipinski definition) is 1. The molecular weight excluding hydrogens is 379 g/mol. The van der Waals surface area contributed by atoms with E-state index in [4.69, 9.17) is 0 Å². The second-order valence-electron chi connectivity index (χ2n) is 7.18. The second-order valence-corrected chi connectivity index (χ2v) is 9.18. The zero-order valence-electron chi connectivity index (χ0n) is 14.5. The van der Waals surface area contributed by atoms with Gasteiger partial charge in [0.2, 0.25) is 10.0 Å². The number of aromatic nitrogens is 1. The molecule has 0 unspecified atom stereocenters. The Labute approximate surface area is 155 Å². The van der Waals surface area contributed by atoms with Gasteiger partial charge in [0.05, 0.1) is 16.3 Å². The first-order chi connectivity index (χ1) is 12.7. The normalized spacial score (nSPS) is 19.6. The fourth-order valence-electron chi connectivity index (χ4n) is 3.53. The minimum absolute atomic E-state index is 0.0863. The monoisotopic (exact) mass is 399 g/mol. The number of anilines is 1. The number of nitrogens with one attached hydrogen (secondary N) is 1. The first kappa shape index (κ1) is 18.5. The van der Waals surface area contributed by atoms with Crippen LogP contribution in [0, 0.1) is 0 Å². The lowest BCUT2D eigenvalue weighted by atomic mass is 10.0. The smallest absolute Gasteiger partial charge is 0.371 e. The lowest BCUT2D eigenvalue weighted by Crippen LogP contribution is -2.45. The molecule has 0 amide bonds. The molecule has 0 radical (unpaired) electrons. The number of pyridine rings is 1. The van der Waals surface area contributed by atoms with E-state index in [1.165, 1.54) is 12.3 Å². The Morgan fingerprint density at radius 3 is 2.41 bits per heavy atom. The number of alkyl halides is 3. The van der Waals surface area contributed by atoms with Crippen molar-refractivity contribution in [1.29, 1.82) is 0 Å². The molecular formula is C18H20F3N3O2S. The van der Waals surface area contributed by atoms with Crippen LogP contribution in [0.2, 0.25) is 0 Å². The Morgan fingerprint density at radius 2 is 1.78 bits per heavy atom. The molecule has 1 N–H and O–H groups in total. The van der Waals surface area contributed by atoms with Gasteiger partial charge in [-0.05, 0) is 43.9 Å². The highest BCUT2D eigenvalue weighted by atomic mass is 32.2. The summed E-state index contributed by atoms with van der Waals surface area (Å²) in [5.74, 6) is 0. The Bertz CT molecular complexity index is 950. The third kappa shape index (κ3) is 3.89. The maximum absolute atomic E-state index is 12.9. The van der Waals surface area contributed by atoms with E-state index >= 15 is 0 Å². The Kier molecular flexibility index (Phi) is 4.54. The predicted octanol–water partition coefficient (Wildman–Crippen LogP) is 3.30. The molecule has 5 nitrogen and oxygen atoms in total. The van der Waals surface area contributed by atoms with Crippen molar-refractivity contribution in [3.63, 3.8) is 0 Å². The minimum Gasteiger partial charge on any atom is -0.371 e. The third-order valence-corrected chi connectivity index (χ3v) is 7.19. The molecule has 146 valence electrons. The minimum atomic E-state index is -4.40. The first-order valence-electron chi connectivity index (χ1n) is 8.96. The zero-order valence-corrected chi connectivity index (χ0v) is 15.4. The zero-order chi connectivity index (χ0) is 19.2. The molecule has 0 spiro atoms. The number of nitrogens with zero attached hydrogens (tertiary/aromatic N) is 2. The number of fused-ring (bicyclic) bond motifs is 1. The Morgan fingerprint density at radius 1 is 1.07 bits per heavy atom. The fourth-order valence-corrected chi connectivity index (χ4v) is 5.18. The molecule has 2 aliphatic rings. The van der Waals surface area contributed by atoms with E-state index in [9.17, 15) is 21.6 Å². The molecule has 1 aromatic heterocycles. The van der Waals surface area contributed by atoms with Crippen molar-refractivity contribution >= 4 is 26.6 Å². The van der Waals surface area contributed by atoms with Crippen LogP contribution >= 0.6 is 0 Å². The molecule has 0 atom stereocenters. The summed E-state index contributed by atoms with van der Waals surface area (Å²) < 4.78 is 65.7. The third-order valence-electron chi connectivity index (χ3n) is 5.18. The molecule has 1 aromatic carbocycles. The molecule has 1 aliphatic heterocycles. The quantitative estimate of drug-likeness (QED) is 0.857. The largest absolute Gasteiger partial charge is 0.416 e. The van der Waals surface area contributed by atoms with Crippen molar-refractivity contribution in [2.24, 2.45) is 0 Å². The van der Waals surface area contributed by atoms with Gasteiger partial charge < -0.3 is 4.90 Å². The van der Waals surface area contributed by atoms with Crippen LogP contribution < -0.4 is 9.62 Å². The van der Waals surface area contributed by atoms with Crippen LogP contribution in [-0.2, 0) is 16.2 Å². The van der Waals surface area contributed by atoms with Crippen LogP contribution in [0.25, 0.3) is 10.9 Å². The van der Waals surface area contributed by atoms with Gasteiger partial charge in [0.15, 0.2) is 0 Å². The molecule has 1 saturated heterocycles. The van der Waals surface area contributed by atoms with Gasteiger partial charge in [0.25, 0.3) is 0 Å². The van der Waals surface area contributed by atoms with E-state index in [0.717, 1.165) is 30.7 Å². The van der Waals surface area contributed by atoms with Gasteiger partial charge in [-0.3, -0.25) is 4.98 Å². The van der Waals surface area contributed by atoms with Crippen LogP contribution in [0.3, 0.4) is 0 Å². The lowest BCUT2D eigenvalue weighted by Gasteiger charge is -2.34. The van der Waals surface area contributed by atoms with Crippen LogP contribution in [-0.4, -0.2) is 37.8 Å². The van der Waals surface area contributed by atoms with Crippen molar-refractivity contribution < 1.29 is 21.6 Å². The van der Waals surface area contributed by atoms with E-state index in [1.54, 1.807) is 6.07 Å². The maximum atomic E-state index is 12.9. The number of benzene rings is 1. The van der Waals surface area contributed by atoms with Gasteiger partial charge >= 0.3 is 6.18 Å². The molecule has 1 aliphatic carbocycles. The molecule has 27 heavy (non-hydrogen) atoms. The van der Waals surface area contributed by atoms with Crippen molar-refractivity contribution in [1.82, 2.24) is 9.71 Å². The second kappa shape index (κ2) is 6.63. The van der Waals surface area contributed by atoms with E-state index in [-0.39, 0.29) is 11.3 Å². The van der Waals surface area contributed by atoms with E-state index in [1.807, 2.05) is 0 Å². The van der Waals surface area contributed by atoms with Crippen LogP contribution in [0.15, 0.2) is 30.5 Å². The standard InChI is InChI=1S/C18H20F3N3O2S/c19-18(20,21)12-1-4-15-16(11-12)22-8-5-17(15)24-9-6-13(7-10-24)23-27(25,26)14-2-3-14/h1,4-5,8,11,13-14,23H,2-3,6-7,9-10H2. The van der Waals surface area contributed by atoms with Crippen molar-refractivity contribution in [3.05, 3.63) is 36.0 Å². The molecule has 4 rings (SSSR count). The summed E-state index contributed by atoms with van der Waals surface area (Å²) in [4.78, 5) is 6.16. The molecule has 2 fully saturated rings. The lowest BCUT2D eigenvalue weighted by molar-refractivity contribution is -0.137. The van der Waals surface area contributed by atoms with Crippen molar-refractivity contribution in [3.8, 4) is 0 Å². The van der Waals surface area contributed by atoms with Gasteiger partial charge in [0.1, 0.15) is 0 Å². The highest BCUT2D eigenvalue weighted by Crippen LogP contribution is 2.34. The Hall–Kier alpha value is -1.87. The predicted molar refractivity (Wildman–Crippen MR) is 97.1 cm³/mol. The van der Waals surface area contributed by atoms with Crippen LogP contribution in [0.1, 0.15) is 31.2 Å². The van der Waals surface area contributed by atoms with E-state index < -0.39 is 21.8 Å². The average Bonchev–Trinajstić information content (AvgIpc) is 3.46. The molecule has 1 saturated carbocycles. The molecule has 9 heteroatoms. The maximum Gasteiger partial charge on any atom is 0.416 e. The van der Waals surface area contributed by atoms with Gasteiger partial charge in [0, 0.05) is 36.4 Å². The van der Waals surface area contributed by atoms with Gasteiger partial charge in [-0.25, -0.2) is 13.1 Å². The van der Waals surface area contributed by atoms with E-state index in [0.29, 0.717) is 36.8 Å².